The Labute approximate surface area is 141 Å². The number of pyridine rings is 2. The van der Waals surface area contributed by atoms with Crippen molar-refractivity contribution < 1.29 is 4.79 Å². The van der Waals surface area contributed by atoms with Crippen LogP contribution in [0, 0.1) is 0 Å². The average molecular weight is 343 g/mol. The zero-order valence-corrected chi connectivity index (χ0v) is 13.9. The zero-order chi connectivity index (χ0) is 16.1. The van der Waals surface area contributed by atoms with E-state index >= 15 is 0 Å². The van der Waals surface area contributed by atoms with Gasteiger partial charge in [0.25, 0.3) is 5.91 Å². The minimum absolute atomic E-state index is 0.255. The highest BCUT2D eigenvalue weighted by Crippen LogP contribution is 2.24. The van der Waals surface area contributed by atoms with Gasteiger partial charge in [0.1, 0.15) is 5.69 Å². The van der Waals surface area contributed by atoms with E-state index in [0.717, 1.165) is 16.5 Å². The maximum Gasteiger partial charge on any atom is 0.259 e. The summed E-state index contributed by atoms with van der Waals surface area (Å²) in [7, 11) is 0. The van der Waals surface area contributed by atoms with Gasteiger partial charge in [0.15, 0.2) is 5.01 Å². The fourth-order valence-electron chi connectivity index (χ4n) is 1.78. The van der Waals surface area contributed by atoms with Crippen molar-refractivity contribution >= 4 is 34.1 Å². The van der Waals surface area contributed by atoms with Crippen molar-refractivity contribution in [3.05, 3.63) is 48.3 Å². The Kier molecular flexibility index (Phi) is 4.94. The van der Waals surface area contributed by atoms with Gasteiger partial charge in [-0.05, 0) is 30.0 Å². The second-order valence-corrected chi connectivity index (χ2v) is 6.66. The smallest absolute Gasteiger partial charge is 0.259 e. The molecule has 0 aliphatic carbocycles. The highest BCUT2D eigenvalue weighted by molar-refractivity contribution is 7.99. The number of carbonyl (C=O) groups excluding carboxylic acids is 1. The van der Waals surface area contributed by atoms with Gasteiger partial charge >= 0.3 is 0 Å². The van der Waals surface area contributed by atoms with Crippen molar-refractivity contribution in [1.29, 1.82) is 0 Å². The van der Waals surface area contributed by atoms with Gasteiger partial charge in [0.2, 0.25) is 5.13 Å². The predicted octanol–water partition coefficient (Wildman–Crippen LogP) is 3.36. The number of carbonyl (C=O) groups is 1. The Balaban J connectivity index is 1.69. The maximum absolute atomic E-state index is 12.2. The van der Waals surface area contributed by atoms with E-state index in [1.807, 2.05) is 24.3 Å². The number of anilines is 1. The van der Waals surface area contributed by atoms with Crippen LogP contribution in [-0.4, -0.2) is 31.8 Å². The Morgan fingerprint density at radius 1 is 1.22 bits per heavy atom. The Hall–Kier alpha value is -2.32. The molecule has 0 saturated carbocycles. The molecule has 0 spiro atoms. The molecule has 23 heavy (non-hydrogen) atoms. The zero-order valence-electron chi connectivity index (χ0n) is 12.3. The number of nitrogens with zero attached hydrogens (tertiary/aromatic N) is 4. The number of aromatic nitrogens is 4. The van der Waals surface area contributed by atoms with E-state index in [4.69, 9.17) is 0 Å². The summed E-state index contributed by atoms with van der Waals surface area (Å²) in [6.45, 7) is 2.06. The average Bonchev–Trinajstić information content (AvgIpc) is 3.05. The third-order valence-electron chi connectivity index (χ3n) is 2.82. The topological polar surface area (TPSA) is 80.7 Å². The van der Waals surface area contributed by atoms with Crippen molar-refractivity contribution in [2.24, 2.45) is 0 Å². The van der Waals surface area contributed by atoms with Crippen molar-refractivity contribution in [3.8, 4) is 10.7 Å². The highest BCUT2D eigenvalue weighted by atomic mass is 32.2. The van der Waals surface area contributed by atoms with Crippen LogP contribution < -0.4 is 5.32 Å². The summed E-state index contributed by atoms with van der Waals surface area (Å²) in [6.07, 6.45) is 3.25. The monoisotopic (exact) mass is 343 g/mol. The number of hydrogen-bond acceptors (Lipinski definition) is 7. The minimum atomic E-state index is -0.255. The van der Waals surface area contributed by atoms with Gasteiger partial charge in [0.05, 0.1) is 10.6 Å². The van der Waals surface area contributed by atoms with Gasteiger partial charge in [-0.3, -0.25) is 15.1 Å². The summed E-state index contributed by atoms with van der Waals surface area (Å²) in [5, 5.41) is 12.7. The lowest BCUT2D eigenvalue weighted by Gasteiger charge is -2.02. The summed E-state index contributed by atoms with van der Waals surface area (Å²) in [4.78, 5) is 20.6. The number of hydrogen-bond donors (Lipinski definition) is 1. The molecule has 3 rings (SSSR count). The summed E-state index contributed by atoms with van der Waals surface area (Å²) in [6, 6.07) is 9.15. The molecule has 1 amide bonds. The molecule has 3 aromatic heterocycles. The Bertz CT molecular complexity index is 789. The van der Waals surface area contributed by atoms with Crippen molar-refractivity contribution in [3.63, 3.8) is 0 Å². The van der Waals surface area contributed by atoms with E-state index in [1.54, 1.807) is 30.2 Å². The molecular weight excluding hydrogens is 330 g/mol. The predicted molar refractivity (Wildman–Crippen MR) is 91.7 cm³/mol. The SMILES string of the molecule is CCSc1ccc(C(=O)Nc2nnc(-c3ccccn3)s2)cn1. The molecule has 0 radical (unpaired) electrons. The molecule has 3 aromatic rings. The highest BCUT2D eigenvalue weighted by Gasteiger charge is 2.12. The van der Waals surface area contributed by atoms with Gasteiger partial charge < -0.3 is 0 Å². The number of rotatable bonds is 5. The van der Waals surface area contributed by atoms with Crippen LogP contribution in [0.1, 0.15) is 17.3 Å². The summed E-state index contributed by atoms with van der Waals surface area (Å²) in [5.41, 5.74) is 1.22. The van der Waals surface area contributed by atoms with Crippen LogP contribution in [0.25, 0.3) is 10.7 Å². The van der Waals surface area contributed by atoms with E-state index in [1.165, 1.54) is 11.3 Å². The fourth-order valence-corrected chi connectivity index (χ4v) is 3.09. The minimum Gasteiger partial charge on any atom is -0.296 e. The molecule has 6 nitrogen and oxygen atoms in total. The summed E-state index contributed by atoms with van der Waals surface area (Å²) in [5.74, 6) is 0.689. The standard InChI is InChI=1S/C15H13N5OS2/c1-2-22-12-7-6-10(9-17-12)13(21)18-15-20-19-14(23-15)11-5-3-4-8-16-11/h3-9H,2H2,1H3,(H,18,20,21). The molecule has 3 heterocycles. The van der Waals surface area contributed by atoms with Gasteiger partial charge in [-0.1, -0.05) is 24.3 Å². The van der Waals surface area contributed by atoms with E-state index in [-0.39, 0.29) is 5.91 Å². The maximum atomic E-state index is 12.2. The molecular formula is C15H13N5OS2. The van der Waals surface area contributed by atoms with Gasteiger partial charge in [-0.2, -0.15) is 0 Å². The fraction of sp³-hybridized carbons (Fsp3) is 0.133. The normalized spacial score (nSPS) is 10.5. The number of thioether (sulfide) groups is 1. The molecule has 116 valence electrons. The number of nitrogens with one attached hydrogen (secondary N) is 1. The van der Waals surface area contributed by atoms with Crippen molar-refractivity contribution in [2.45, 2.75) is 11.9 Å². The lowest BCUT2D eigenvalue weighted by atomic mass is 10.3. The van der Waals surface area contributed by atoms with Crippen LogP contribution >= 0.6 is 23.1 Å². The van der Waals surface area contributed by atoms with Gasteiger partial charge in [-0.25, -0.2) is 4.98 Å². The first-order valence-electron chi connectivity index (χ1n) is 6.91. The molecule has 0 unspecified atom stereocenters. The van der Waals surface area contributed by atoms with Crippen LogP contribution in [0.5, 0.6) is 0 Å². The van der Waals surface area contributed by atoms with E-state index in [0.29, 0.717) is 15.7 Å². The third kappa shape index (κ3) is 3.91. The number of amides is 1. The first kappa shape index (κ1) is 15.6. The lowest BCUT2D eigenvalue weighted by Crippen LogP contribution is -2.12. The van der Waals surface area contributed by atoms with Gasteiger partial charge in [0, 0.05) is 12.4 Å². The lowest BCUT2D eigenvalue weighted by molar-refractivity contribution is 0.102. The molecule has 0 aliphatic heterocycles. The molecule has 0 atom stereocenters. The van der Waals surface area contributed by atoms with E-state index in [9.17, 15) is 4.79 Å². The van der Waals surface area contributed by atoms with Crippen LogP contribution in [0.3, 0.4) is 0 Å². The van der Waals surface area contributed by atoms with Crippen molar-refractivity contribution in [2.75, 3.05) is 11.1 Å². The molecule has 0 fully saturated rings. The first-order chi connectivity index (χ1) is 11.3. The largest absolute Gasteiger partial charge is 0.296 e. The molecule has 0 aromatic carbocycles. The molecule has 8 heteroatoms. The van der Waals surface area contributed by atoms with E-state index in [2.05, 4.69) is 32.4 Å². The third-order valence-corrected chi connectivity index (χ3v) is 4.51. The van der Waals surface area contributed by atoms with Gasteiger partial charge in [-0.15, -0.1) is 22.0 Å². The van der Waals surface area contributed by atoms with Crippen LogP contribution in [0.15, 0.2) is 47.8 Å². The quantitative estimate of drug-likeness (QED) is 0.716. The molecule has 1 N–H and O–H groups in total. The molecule has 0 saturated heterocycles. The van der Waals surface area contributed by atoms with Crippen LogP contribution in [-0.2, 0) is 0 Å². The van der Waals surface area contributed by atoms with Crippen LogP contribution in [0.4, 0.5) is 5.13 Å². The van der Waals surface area contributed by atoms with E-state index < -0.39 is 0 Å². The molecule has 0 bridgehead atoms. The first-order valence-corrected chi connectivity index (χ1v) is 8.71. The summed E-state index contributed by atoms with van der Waals surface area (Å²) < 4.78 is 0. The molecule has 0 aliphatic rings. The second kappa shape index (κ2) is 7.30. The summed E-state index contributed by atoms with van der Waals surface area (Å²) >= 11 is 2.91. The second-order valence-electron chi connectivity index (χ2n) is 4.40. The Morgan fingerprint density at radius 3 is 2.83 bits per heavy atom. The van der Waals surface area contributed by atoms with Crippen molar-refractivity contribution in [1.82, 2.24) is 20.2 Å². The Morgan fingerprint density at radius 2 is 2.13 bits per heavy atom. The van der Waals surface area contributed by atoms with Crippen LogP contribution in [0.2, 0.25) is 0 Å².